The van der Waals surface area contributed by atoms with Crippen LogP contribution in [-0.2, 0) is 6.42 Å². The molecule has 0 aliphatic rings. The van der Waals surface area contributed by atoms with Crippen molar-refractivity contribution in [1.29, 1.82) is 0 Å². The maximum atomic E-state index is 5.65. The third-order valence-electron chi connectivity index (χ3n) is 2.08. The van der Waals surface area contributed by atoms with Gasteiger partial charge in [0.2, 0.25) is 11.7 Å². The molecule has 2 aromatic rings. The standard InChI is InChI=1S/C11H14N4O/c1-7(12)6-10-14-11(15-16-10)9-5-3-4-8(2)13-9/h3-5,7H,6,12H2,1-2H3. The SMILES string of the molecule is Cc1cccc(-c2noc(CC(C)N)n2)n1. The maximum absolute atomic E-state index is 5.65. The van der Waals surface area contributed by atoms with Gasteiger partial charge in [-0.3, -0.25) is 0 Å². The molecule has 0 saturated carbocycles. The Labute approximate surface area is 93.7 Å². The van der Waals surface area contributed by atoms with E-state index >= 15 is 0 Å². The molecule has 0 fully saturated rings. The van der Waals surface area contributed by atoms with Crippen molar-refractivity contribution >= 4 is 0 Å². The van der Waals surface area contributed by atoms with Crippen molar-refractivity contribution in [1.82, 2.24) is 15.1 Å². The van der Waals surface area contributed by atoms with E-state index in [4.69, 9.17) is 10.3 Å². The van der Waals surface area contributed by atoms with Crippen LogP contribution in [0.2, 0.25) is 0 Å². The molecule has 0 saturated heterocycles. The number of nitrogens with zero attached hydrogens (tertiary/aromatic N) is 3. The molecule has 0 aliphatic carbocycles. The van der Waals surface area contributed by atoms with E-state index in [0.29, 0.717) is 18.1 Å². The molecule has 0 radical (unpaired) electrons. The van der Waals surface area contributed by atoms with E-state index in [1.54, 1.807) is 0 Å². The van der Waals surface area contributed by atoms with Gasteiger partial charge >= 0.3 is 0 Å². The lowest BCUT2D eigenvalue weighted by molar-refractivity contribution is 0.372. The van der Waals surface area contributed by atoms with Gasteiger partial charge < -0.3 is 10.3 Å². The summed E-state index contributed by atoms with van der Waals surface area (Å²) in [5.41, 5.74) is 7.30. The zero-order valence-corrected chi connectivity index (χ0v) is 9.34. The summed E-state index contributed by atoms with van der Waals surface area (Å²) in [6.45, 7) is 3.82. The van der Waals surface area contributed by atoms with Gasteiger partial charge in [-0.2, -0.15) is 4.98 Å². The second-order valence-corrected chi connectivity index (χ2v) is 3.86. The largest absolute Gasteiger partial charge is 0.339 e. The smallest absolute Gasteiger partial charge is 0.228 e. The van der Waals surface area contributed by atoms with Gasteiger partial charge in [0, 0.05) is 18.2 Å². The monoisotopic (exact) mass is 218 g/mol. The van der Waals surface area contributed by atoms with Crippen LogP contribution in [0.5, 0.6) is 0 Å². The van der Waals surface area contributed by atoms with Crippen LogP contribution in [0.4, 0.5) is 0 Å². The molecule has 5 heteroatoms. The van der Waals surface area contributed by atoms with Gasteiger partial charge in [0.1, 0.15) is 5.69 Å². The first-order chi connectivity index (χ1) is 7.65. The summed E-state index contributed by atoms with van der Waals surface area (Å²) in [5.74, 6) is 1.06. The summed E-state index contributed by atoms with van der Waals surface area (Å²) in [6, 6.07) is 5.71. The quantitative estimate of drug-likeness (QED) is 0.840. The van der Waals surface area contributed by atoms with Crippen LogP contribution in [0.25, 0.3) is 11.5 Å². The third kappa shape index (κ3) is 2.43. The van der Waals surface area contributed by atoms with E-state index in [-0.39, 0.29) is 6.04 Å². The van der Waals surface area contributed by atoms with Crippen molar-refractivity contribution in [2.24, 2.45) is 5.73 Å². The summed E-state index contributed by atoms with van der Waals surface area (Å²) < 4.78 is 5.09. The number of hydrogen-bond acceptors (Lipinski definition) is 5. The highest BCUT2D eigenvalue weighted by molar-refractivity contribution is 5.47. The van der Waals surface area contributed by atoms with Gasteiger partial charge in [-0.25, -0.2) is 4.98 Å². The Kier molecular flexibility index (Phi) is 2.96. The number of nitrogens with two attached hydrogens (primary N) is 1. The highest BCUT2D eigenvalue weighted by Gasteiger charge is 2.10. The van der Waals surface area contributed by atoms with E-state index in [0.717, 1.165) is 11.4 Å². The topological polar surface area (TPSA) is 77.8 Å². The Morgan fingerprint density at radius 2 is 2.19 bits per heavy atom. The van der Waals surface area contributed by atoms with Crippen molar-refractivity contribution < 1.29 is 4.52 Å². The summed E-state index contributed by atoms with van der Waals surface area (Å²) in [7, 11) is 0. The molecule has 2 heterocycles. The molecule has 0 amide bonds. The summed E-state index contributed by atoms with van der Waals surface area (Å²) in [5, 5.41) is 3.88. The number of pyridine rings is 1. The summed E-state index contributed by atoms with van der Waals surface area (Å²) in [6.07, 6.45) is 0.582. The van der Waals surface area contributed by atoms with Crippen molar-refractivity contribution in [3.05, 3.63) is 29.8 Å². The van der Waals surface area contributed by atoms with Gasteiger partial charge in [-0.15, -0.1) is 0 Å². The number of rotatable bonds is 3. The van der Waals surface area contributed by atoms with Gasteiger partial charge in [0.25, 0.3) is 0 Å². The van der Waals surface area contributed by atoms with Crippen LogP contribution in [0.1, 0.15) is 18.5 Å². The van der Waals surface area contributed by atoms with Crippen LogP contribution in [0.3, 0.4) is 0 Å². The molecule has 0 aliphatic heterocycles. The van der Waals surface area contributed by atoms with Gasteiger partial charge in [0.15, 0.2) is 0 Å². The molecule has 1 atom stereocenters. The Bertz CT molecular complexity index is 478. The minimum Gasteiger partial charge on any atom is -0.339 e. The van der Waals surface area contributed by atoms with E-state index < -0.39 is 0 Å². The van der Waals surface area contributed by atoms with Crippen LogP contribution in [0, 0.1) is 6.92 Å². The molecule has 2 rings (SSSR count). The second-order valence-electron chi connectivity index (χ2n) is 3.86. The highest BCUT2D eigenvalue weighted by Crippen LogP contribution is 2.13. The number of hydrogen-bond donors (Lipinski definition) is 1. The van der Waals surface area contributed by atoms with Crippen LogP contribution in [-0.4, -0.2) is 21.2 Å². The first-order valence-electron chi connectivity index (χ1n) is 5.17. The Morgan fingerprint density at radius 1 is 1.38 bits per heavy atom. The predicted octanol–water partition coefficient (Wildman–Crippen LogP) is 1.33. The minimum atomic E-state index is 0.0127. The molecular weight excluding hydrogens is 204 g/mol. The Balaban J connectivity index is 2.24. The average molecular weight is 218 g/mol. The lowest BCUT2D eigenvalue weighted by atomic mass is 10.2. The second kappa shape index (κ2) is 4.40. The van der Waals surface area contributed by atoms with Crippen molar-refractivity contribution in [2.45, 2.75) is 26.3 Å². The van der Waals surface area contributed by atoms with Gasteiger partial charge in [-0.1, -0.05) is 11.2 Å². The normalized spacial score (nSPS) is 12.7. The maximum Gasteiger partial charge on any atom is 0.228 e. The lowest BCUT2D eigenvalue weighted by Gasteiger charge is -1.97. The van der Waals surface area contributed by atoms with Gasteiger partial charge in [0.05, 0.1) is 0 Å². The molecule has 84 valence electrons. The van der Waals surface area contributed by atoms with Crippen molar-refractivity contribution in [3.8, 4) is 11.5 Å². The Morgan fingerprint density at radius 3 is 2.88 bits per heavy atom. The number of aromatic nitrogens is 3. The number of aryl methyl sites for hydroxylation is 1. The van der Waals surface area contributed by atoms with E-state index in [1.807, 2.05) is 32.0 Å². The molecule has 5 nitrogen and oxygen atoms in total. The summed E-state index contributed by atoms with van der Waals surface area (Å²) in [4.78, 5) is 8.56. The molecule has 2 N–H and O–H groups in total. The molecular formula is C11H14N4O. The van der Waals surface area contributed by atoms with E-state index in [2.05, 4.69) is 15.1 Å². The third-order valence-corrected chi connectivity index (χ3v) is 2.08. The fourth-order valence-electron chi connectivity index (χ4n) is 1.38. The fraction of sp³-hybridized carbons (Fsp3) is 0.364. The minimum absolute atomic E-state index is 0.0127. The molecule has 1 unspecified atom stereocenters. The van der Waals surface area contributed by atoms with Crippen molar-refractivity contribution in [3.63, 3.8) is 0 Å². The molecule has 0 aromatic carbocycles. The first-order valence-corrected chi connectivity index (χ1v) is 5.17. The van der Waals surface area contributed by atoms with Crippen LogP contribution >= 0.6 is 0 Å². The van der Waals surface area contributed by atoms with Crippen LogP contribution in [0.15, 0.2) is 22.7 Å². The fourth-order valence-corrected chi connectivity index (χ4v) is 1.38. The van der Waals surface area contributed by atoms with E-state index in [9.17, 15) is 0 Å². The zero-order chi connectivity index (χ0) is 11.5. The molecule has 0 spiro atoms. The molecule has 0 bridgehead atoms. The first kappa shape index (κ1) is 10.8. The molecule has 2 aromatic heterocycles. The zero-order valence-electron chi connectivity index (χ0n) is 9.34. The average Bonchev–Trinajstić information content (AvgIpc) is 2.65. The predicted molar refractivity (Wildman–Crippen MR) is 59.6 cm³/mol. The lowest BCUT2D eigenvalue weighted by Crippen LogP contribution is -2.17. The summed E-state index contributed by atoms with van der Waals surface area (Å²) >= 11 is 0. The molecule has 16 heavy (non-hydrogen) atoms. The van der Waals surface area contributed by atoms with Crippen LogP contribution < -0.4 is 5.73 Å². The highest BCUT2D eigenvalue weighted by atomic mass is 16.5. The van der Waals surface area contributed by atoms with E-state index in [1.165, 1.54) is 0 Å². The van der Waals surface area contributed by atoms with Gasteiger partial charge in [-0.05, 0) is 26.0 Å². The van der Waals surface area contributed by atoms with Crippen molar-refractivity contribution in [2.75, 3.05) is 0 Å². The Hall–Kier alpha value is -1.75.